The highest BCUT2D eigenvalue weighted by molar-refractivity contribution is 9.10. The van der Waals surface area contributed by atoms with Crippen LogP contribution in [0.4, 0.5) is 0 Å². The van der Waals surface area contributed by atoms with Crippen molar-refractivity contribution in [3.8, 4) is 5.69 Å². The van der Waals surface area contributed by atoms with Gasteiger partial charge in [0.2, 0.25) is 0 Å². The van der Waals surface area contributed by atoms with E-state index < -0.39 is 0 Å². The van der Waals surface area contributed by atoms with Crippen molar-refractivity contribution in [3.63, 3.8) is 0 Å². The van der Waals surface area contributed by atoms with E-state index in [0.717, 1.165) is 21.4 Å². The Bertz CT molecular complexity index is 552. The summed E-state index contributed by atoms with van der Waals surface area (Å²) in [6.45, 7) is 3.80. The second kappa shape index (κ2) is 4.96. The number of aromatic nitrogens is 3. The Balaban J connectivity index is 2.49. The molecule has 2 rings (SSSR count). The molecule has 0 aliphatic rings. The fourth-order valence-electron chi connectivity index (χ4n) is 1.39. The molecule has 0 aliphatic heterocycles. The molecule has 0 N–H and O–H groups in total. The van der Waals surface area contributed by atoms with Crippen LogP contribution in [0.15, 0.2) is 22.8 Å². The zero-order valence-electron chi connectivity index (χ0n) is 9.28. The molecule has 90 valence electrons. The third-order valence-electron chi connectivity index (χ3n) is 2.39. The fraction of sp³-hybridized carbons (Fsp3) is 0.273. The number of rotatable bonds is 2. The molecule has 0 amide bonds. The van der Waals surface area contributed by atoms with E-state index in [-0.39, 0.29) is 5.38 Å². The first-order chi connectivity index (χ1) is 7.99. The van der Waals surface area contributed by atoms with Crippen LogP contribution in [0.3, 0.4) is 0 Å². The van der Waals surface area contributed by atoms with Crippen LogP contribution in [0.5, 0.6) is 0 Å². The summed E-state index contributed by atoms with van der Waals surface area (Å²) < 4.78 is 2.57. The number of hydrogen-bond acceptors (Lipinski definition) is 2. The van der Waals surface area contributed by atoms with E-state index in [9.17, 15) is 0 Å². The highest BCUT2D eigenvalue weighted by atomic mass is 79.9. The first-order valence-electron chi connectivity index (χ1n) is 5.01. The summed E-state index contributed by atoms with van der Waals surface area (Å²) >= 11 is 15.5. The summed E-state index contributed by atoms with van der Waals surface area (Å²) in [5.74, 6) is 0. The number of halogens is 3. The Hall–Kier alpha value is -0.580. The third-order valence-corrected chi connectivity index (χ3v) is 3.66. The van der Waals surface area contributed by atoms with Crippen LogP contribution in [0.1, 0.15) is 23.6 Å². The van der Waals surface area contributed by atoms with Crippen molar-refractivity contribution in [2.75, 3.05) is 0 Å². The molecule has 1 atom stereocenters. The van der Waals surface area contributed by atoms with Crippen molar-refractivity contribution in [1.82, 2.24) is 15.0 Å². The molecule has 1 unspecified atom stereocenters. The van der Waals surface area contributed by atoms with E-state index in [2.05, 4.69) is 26.2 Å². The van der Waals surface area contributed by atoms with E-state index in [1.165, 1.54) is 0 Å². The zero-order chi connectivity index (χ0) is 12.6. The van der Waals surface area contributed by atoms with E-state index in [1.807, 2.05) is 26.0 Å². The summed E-state index contributed by atoms with van der Waals surface area (Å²) in [6.07, 6.45) is 1.80. The Labute approximate surface area is 118 Å². The molecule has 0 saturated heterocycles. The molecule has 1 heterocycles. The minimum absolute atomic E-state index is 0.163. The minimum atomic E-state index is -0.163. The van der Waals surface area contributed by atoms with Gasteiger partial charge in [-0.25, -0.2) is 4.68 Å². The van der Waals surface area contributed by atoms with Gasteiger partial charge in [0.1, 0.15) is 5.69 Å². The van der Waals surface area contributed by atoms with E-state index in [0.29, 0.717) is 5.02 Å². The predicted octanol–water partition coefficient (Wildman–Crippen LogP) is 4.29. The van der Waals surface area contributed by atoms with Gasteiger partial charge >= 0.3 is 0 Å². The molecule has 0 fully saturated rings. The second-order valence-corrected chi connectivity index (χ2v) is 5.67. The van der Waals surface area contributed by atoms with Crippen LogP contribution in [0.2, 0.25) is 5.02 Å². The molecule has 17 heavy (non-hydrogen) atoms. The van der Waals surface area contributed by atoms with Crippen molar-refractivity contribution in [1.29, 1.82) is 0 Å². The highest BCUT2D eigenvalue weighted by Crippen LogP contribution is 2.28. The van der Waals surface area contributed by atoms with Crippen molar-refractivity contribution in [3.05, 3.63) is 39.1 Å². The van der Waals surface area contributed by atoms with Crippen LogP contribution in [-0.4, -0.2) is 15.0 Å². The van der Waals surface area contributed by atoms with Gasteiger partial charge in [-0.15, -0.1) is 16.7 Å². The molecule has 3 nitrogen and oxygen atoms in total. The molecule has 0 spiro atoms. The van der Waals surface area contributed by atoms with Gasteiger partial charge in [-0.1, -0.05) is 16.8 Å². The van der Waals surface area contributed by atoms with E-state index >= 15 is 0 Å². The van der Waals surface area contributed by atoms with Crippen LogP contribution in [-0.2, 0) is 0 Å². The summed E-state index contributed by atoms with van der Waals surface area (Å²) in [6, 6.07) is 3.79. The molecule has 0 saturated carbocycles. The molecule has 0 radical (unpaired) electrons. The molecule has 1 aromatic carbocycles. The predicted molar refractivity (Wildman–Crippen MR) is 73.1 cm³/mol. The molecule has 0 bridgehead atoms. The van der Waals surface area contributed by atoms with Crippen LogP contribution >= 0.6 is 39.1 Å². The Morgan fingerprint density at radius 2 is 2.12 bits per heavy atom. The normalized spacial score (nSPS) is 12.8. The maximum atomic E-state index is 6.10. The van der Waals surface area contributed by atoms with Crippen molar-refractivity contribution < 1.29 is 0 Å². The topological polar surface area (TPSA) is 30.7 Å². The maximum Gasteiger partial charge on any atom is 0.101 e. The highest BCUT2D eigenvalue weighted by Gasteiger charge is 2.11. The first kappa shape index (κ1) is 12.9. The van der Waals surface area contributed by atoms with Gasteiger partial charge < -0.3 is 0 Å². The average Bonchev–Trinajstić information content (AvgIpc) is 2.72. The lowest BCUT2D eigenvalue weighted by Gasteiger charge is -2.06. The zero-order valence-corrected chi connectivity index (χ0v) is 12.4. The average molecular weight is 335 g/mol. The van der Waals surface area contributed by atoms with E-state index in [4.69, 9.17) is 23.2 Å². The van der Waals surface area contributed by atoms with E-state index in [1.54, 1.807) is 10.9 Å². The Kier molecular flexibility index (Phi) is 3.76. The largest absolute Gasteiger partial charge is 0.219 e. The smallest absolute Gasteiger partial charge is 0.101 e. The molecule has 6 heteroatoms. The molecule has 2 aromatic rings. The lowest BCUT2D eigenvalue weighted by atomic mass is 10.2. The van der Waals surface area contributed by atoms with Crippen LogP contribution in [0, 0.1) is 6.92 Å². The van der Waals surface area contributed by atoms with Gasteiger partial charge in [-0.05, 0) is 47.5 Å². The lowest BCUT2D eigenvalue weighted by Crippen LogP contribution is -1.97. The Morgan fingerprint density at radius 1 is 1.41 bits per heavy atom. The van der Waals surface area contributed by atoms with Gasteiger partial charge in [-0.3, -0.25) is 0 Å². The SMILES string of the molecule is Cc1cc(Br)c(-n2cc(C(C)Cl)nn2)cc1Cl. The summed E-state index contributed by atoms with van der Waals surface area (Å²) in [7, 11) is 0. The van der Waals surface area contributed by atoms with Crippen LogP contribution in [0.25, 0.3) is 5.69 Å². The van der Waals surface area contributed by atoms with Gasteiger partial charge in [-0.2, -0.15) is 0 Å². The van der Waals surface area contributed by atoms with Crippen molar-refractivity contribution in [2.24, 2.45) is 0 Å². The quantitative estimate of drug-likeness (QED) is 0.767. The second-order valence-electron chi connectivity index (χ2n) is 3.76. The standard InChI is InChI=1S/C11H10BrCl2N3/c1-6-3-8(12)11(4-9(6)14)17-5-10(7(2)13)15-16-17/h3-5,7H,1-2H3. The van der Waals surface area contributed by atoms with Gasteiger partial charge in [0.15, 0.2) is 0 Å². The molecule has 1 aromatic heterocycles. The summed E-state index contributed by atoms with van der Waals surface area (Å²) in [5, 5.41) is 8.57. The third kappa shape index (κ3) is 2.64. The number of alkyl halides is 1. The fourth-order valence-corrected chi connectivity index (χ4v) is 2.29. The summed E-state index contributed by atoms with van der Waals surface area (Å²) in [4.78, 5) is 0. The minimum Gasteiger partial charge on any atom is -0.219 e. The lowest BCUT2D eigenvalue weighted by molar-refractivity contribution is 0.794. The molecular weight excluding hydrogens is 325 g/mol. The van der Waals surface area contributed by atoms with Crippen molar-refractivity contribution in [2.45, 2.75) is 19.2 Å². The number of benzene rings is 1. The summed E-state index contributed by atoms with van der Waals surface area (Å²) in [5.41, 5.74) is 2.58. The van der Waals surface area contributed by atoms with Gasteiger partial charge in [0.25, 0.3) is 0 Å². The maximum absolute atomic E-state index is 6.10. The number of hydrogen-bond donors (Lipinski definition) is 0. The number of nitrogens with zero attached hydrogens (tertiary/aromatic N) is 3. The van der Waals surface area contributed by atoms with Gasteiger partial charge in [0, 0.05) is 9.50 Å². The van der Waals surface area contributed by atoms with Crippen molar-refractivity contribution >= 4 is 39.1 Å². The number of aryl methyl sites for hydroxylation is 1. The van der Waals surface area contributed by atoms with Crippen LogP contribution < -0.4 is 0 Å². The monoisotopic (exact) mass is 333 g/mol. The molecular formula is C11H10BrCl2N3. The first-order valence-corrected chi connectivity index (χ1v) is 6.62. The molecule has 0 aliphatic carbocycles. The van der Waals surface area contributed by atoms with Gasteiger partial charge in [0.05, 0.1) is 17.3 Å². The Morgan fingerprint density at radius 3 is 2.71 bits per heavy atom.